The summed E-state index contributed by atoms with van der Waals surface area (Å²) < 4.78 is 0. The molecule has 88 valence electrons. The molecule has 5 heteroatoms. The van der Waals surface area contributed by atoms with Gasteiger partial charge in [0.2, 0.25) is 5.91 Å². The van der Waals surface area contributed by atoms with E-state index in [-0.39, 0.29) is 5.91 Å². The van der Waals surface area contributed by atoms with Crippen LogP contribution < -0.4 is 0 Å². The van der Waals surface area contributed by atoms with Gasteiger partial charge in [0.1, 0.15) is 0 Å². The van der Waals surface area contributed by atoms with Gasteiger partial charge in [-0.1, -0.05) is 6.92 Å². The Morgan fingerprint density at radius 3 is 2.50 bits per heavy atom. The van der Waals surface area contributed by atoms with Gasteiger partial charge >= 0.3 is 5.97 Å². The summed E-state index contributed by atoms with van der Waals surface area (Å²) in [7, 11) is 1.51. The molecule has 1 unspecified atom stereocenters. The first-order valence-electron chi connectivity index (χ1n) is 5.02. The second-order valence-electron chi connectivity index (χ2n) is 3.53. The number of carboxylic acid groups (broad SMARTS) is 1. The monoisotopic (exact) mass is 241 g/mol. The number of carboxylic acids is 1. The number of amides is 1. The number of nitrogens with zero attached hydrogens (tertiary/aromatic N) is 1. The average molecular weight is 241 g/mol. The van der Waals surface area contributed by atoms with Crippen molar-refractivity contribution in [2.24, 2.45) is 0 Å². The van der Waals surface area contributed by atoms with Crippen LogP contribution in [0.3, 0.4) is 0 Å². The van der Waals surface area contributed by atoms with Crippen LogP contribution in [0.25, 0.3) is 0 Å². The highest BCUT2D eigenvalue weighted by molar-refractivity contribution is 7.12. The molecule has 0 spiro atoms. The zero-order valence-corrected chi connectivity index (χ0v) is 10.4. The second kappa shape index (κ2) is 5.12. The van der Waals surface area contributed by atoms with Gasteiger partial charge in [-0.3, -0.25) is 4.79 Å². The van der Waals surface area contributed by atoms with Gasteiger partial charge in [0.25, 0.3) is 0 Å². The first-order chi connectivity index (χ1) is 7.47. The van der Waals surface area contributed by atoms with E-state index in [1.165, 1.54) is 30.2 Å². The van der Waals surface area contributed by atoms with Crippen LogP contribution in [-0.4, -0.2) is 28.9 Å². The molecule has 1 rings (SSSR count). The van der Waals surface area contributed by atoms with Gasteiger partial charge in [0.05, 0.1) is 0 Å². The molecule has 0 saturated heterocycles. The van der Waals surface area contributed by atoms with E-state index in [1.807, 2.05) is 13.0 Å². The molecule has 16 heavy (non-hydrogen) atoms. The number of aryl methyl sites for hydroxylation is 1. The molecule has 1 aromatic rings. The van der Waals surface area contributed by atoms with Crippen LogP contribution in [0.5, 0.6) is 0 Å². The van der Waals surface area contributed by atoms with Crippen molar-refractivity contribution < 1.29 is 14.7 Å². The standard InChI is InChI=1S/C11H15NO3S/c1-4-8-5-6-9(16-8)10(11(14)15)12(3)7(2)13/h5-6,10H,4H2,1-3H3,(H,14,15). The summed E-state index contributed by atoms with van der Waals surface area (Å²) in [5.74, 6) is -1.25. The Kier molecular flexibility index (Phi) is 4.06. The van der Waals surface area contributed by atoms with E-state index in [9.17, 15) is 9.59 Å². The molecule has 0 aromatic carbocycles. The van der Waals surface area contributed by atoms with Gasteiger partial charge in [-0.2, -0.15) is 0 Å². The minimum Gasteiger partial charge on any atom is -0.479 e. The third kappa shape index (κ3) is 2.61. The summed E-state index contributed by atoms with van der Waals surface area (Å²) in [6.45, 7) is 3.38. The molecule has 1 atom stereocenters. The van der Waals surface area contributed by atoms with Crippen LogP contribution in [0, 0.1) is 0 Å². The topological polar surface area (TPSA) is 57.6 Å². The summed E-state index contributed by atoms with van der Waals surface area (Å²) in [5, 5.41) is 9.14. The van der Waals surface area contributed by atoms with E-state index in [1.54, 1.807) is 6.07 Å². The summed E-state index contributed by atoms with van der Waals surface area (Å²) in [6.07, 6.45) is 0.876. The van der Waals surface area contributed by atoms with Gasteiger partial charge in [-0.25, -0.2) is 4.79 Å². The van der Waals surface area contributed by atoms with Crippen LogP contribution in [0.2, 0.25) is 0 Å². The molecule has 1 N–H and O–H groups in total. The Labute approximate surface area is 98.5 Å². The van der Waals surface area contributed by atoms with Gasteiger partial charge in [0, 0.05) is 23.7 Å². The molecule has 0 aliphatic rings. The van der Waals surface area contributed by atoms with E-state index >= 15 is 0 Å². The lowest BCUT2D eigenvalue weighted by Gasteiger charge is -2.22. The third-order valence-electron chi connectivity index (χ3n) is 2.42. The molecule has 1 aromatic heterocycles. The number of hydrogen-bond donors (Lipinski definition) is 1. The van der Waals surface area contributed by atoms with Crippen molar-refractivity contribution in [1.29, 1.82) is 0 Å². The lowest BCUT2D eigenvalue weighted by atomic mass is 10.2. The van der Waals surface area contributed by atoms with Crippen molar-refractivity contribution >= 4 is 23.2 Å². The zero-order valence-electron chi connectivity index (χ0n) is 9.56. The number of aliphatic carboxylic acids is 1. The van der Waals surface area contributed by atoms with E-state index < -0.39 is 12.0 Å². The van der Waals surface area contributed by atoms with E-state index in [0.29, 0.717) is 4.88 Å². The molecular formula is C11H15NO3S. The number of hydrogen-bond acceptors (Lipinski definition) is 3. The number of likely N-dealkylation sites (N-methyl/N-ethyl adjacent to an activating group) is 1. The molecule has 0 saturated carbocycles. The first kappa shape index (κ1) is 12.7. The molecule has 4 nitrogen and oxygen atoms in total. The van der Waals surface area contributed by atoms with E-state index in [0.717, 1.165) is 11.3 Å². The van der Waals surface area contributed by atoms with Crippen LogP contribution in [0.1, 0.15) is 29.6 Å². The number of rotatable bonds is 4. The lowest BCUT2D eigenvalue weighted by molar-refractivity contribution is -0.148. The fraction of sp³-hybridized carbons (Fsp3) is 0.455. The van der Waals surface area contributed by atoms with Crippen molar-refractivity contribution in [3.05, 3.63) is 21.9 Å². The number of thiophene rings is 1. The van der Waals surface area contributed by atoms with Crippen LogP contribution in [-0.2, 0) is 16.0 Å². The fourth-order valence-corrected chi connectivity index (χ4v) is 2.48. The molecule has 0 bridgehead atoms. The van der Waals surface area contributed by atoms with Crippen molar-refractivity contribution in [1.82, 2.24) is 4.90 Å². The molecule has 1 amide bonds. The Morgan fingerprint density at radius 2 is 2.12 bits per heavy atom. The van der Waals surface area contributed by atoms with E-state index in [4.69, 9.17) is 5.11 Å². The maximum Gasteiger partial charge on any atom is 0.331 e. The highest BCUT2D eigenvalue weighted by Crippen LogP contribution is 2.27. The predicted octanol–water partition coefficient (Wildman–Crippen LogP) is 1.91. The zero-order chi connectivity index (χ0) is 12.3. The quantitative estimate of drug-likeness (QED) is 0.876. The van der Waals surface area contributed by atoms with Crippen LogP contribution >= 0.6 is 11.3 Å². The minimum absolute atomic E-state index is 0.251. The van der Waals surface area contributed by atoms with Gasteiger partial charge < -0.3 is 10.0 Å². The van der Waals surface area contributed by atoms with E-state index in [2.05, 4.69) is 0 Å². The largest absolute Gasteiger partial charge is 0.479 e. The Bertz CT molecular complexity index is 400. The highest BCUT2D eigenvalue weighted by Gasteiger charge is 2.27. The highest BCUT2D eigenvalue weighted by atomic mass is 32.1. The molecule has 0 aliphatic carbocycles. The number of carbonyl (C=O) groups is 2. The summed E-state index contributed by atoms with van der Waals surface area (Å²) in [4.78, 5) is 25.4. The second-order valence-corrected chi connectivity index (χ2v) is 4.73. The summed E-state index contributed by atoms with van der Waals surface area (Å²) in [6, 6.07) is 2.81. The maximum atomic E-state index is 11.2. The SMILES string of the molecule is CCc1ccc(C(C(=O)O)N(C)C(C)=O)s1. The Morgan fingerprint density at radius 1 is 1.50 bits per heavy atom. The normalized spacial score (nSPS) is 12.2. The summed E-state index contributed by atoms with van der Waals surface area (Å²) in [5.41, 5.74) is 0. The predicted molar refractivity (Wildman–Crippen MR) is 62.5 cm³/mol. The van der Waals surface area contributed by atoms with Gasteiger partial charge in [0.15, 0.2) is 6.04 Å². The van der Waals surface area contributed by atoms with Crippen molar-refractivity contribution in [2.75, 3.05) is 7.05 Å². The third-order valence-corrected chi connectivity index (χ3v) is 3.70. The Balaban J connectivity index is 3.02. The van der Waals surface area contributed by atoms with Crippen molar-refractivity contribution in [3.63, 3.8) is 0 Å². The maximum absolute atomic E-state index is 11.2. The fourth-order valence-electron chi connectivity index (χ4n) is 1.39. The van der Waals surface area contributed by atoms with Crippen LogP contribution in [0.4, 0.5) is 0 Å². The van der Waals surface area contributed by atoms with Crippen molar-refractivity contribution in [3.8, 4) is 0 Å². The Hall–Kier alpha value is -1.36. The van der Waals surface area contributed by atoms with Crippen molar-refractivity contribution in [2.45, 2.75) is 26.3 Å². The van der Waals surface area contributed by atoms with Crippen LogP contribution in [0.15, 0.2) is 12.1 Å². The molecular weight excluding hydrogens is 226 g/mol. The average Bonchev–Trinajstić information content (AvgIpc) is 2.65. The minimum atomic E-state index is -0.998. The molecule has 0 radical (unpaired) electrons. The first-order valence-corrected chi connectivity index (χ1v) is 5.83. The molecule has 0 fully saturated rings. The summed E-state index contributed by atoms with van der Waals surface area (Å²) >= 11 is 1.44. The number of carbonyl (C=O) groups excluding carboxylic acids is 1. The molecule has 0 aliphatic heterocycles. The van der Waals surface area contributed by atoms with Gasteiger partial charge in [-0.05, 0) is 18.6 Å². The molecule has 1 heterocycles. The van der Waals surface area contributed by atoms with Gasteiger partial charge in [-0.15, -0.1) is 11.3 Å². The lowest BCUT2D eigenvalue weighted by Crippen LogP contribution is -2.33. The smallest absolute Gasteiger partial charge is 0.331 e.